The van der Waals surface area contributed by atoms with Gasteiger partial charge in [-0.3, -0.25) is 9.89 Å². The van der Waals surface area contributed by atoms with E-state index >= 15 is 0 Å². The van der Waals surface area contributed by atoms with E-state index in [-0.39, 0.29) is 11.9 Å². The molecule has 0 saturated carbocycles. The quantitative estimate of drug-likeness (QED) is 0.919. The number of hydrogen-bond donors (Lipinski definition) is 1. The summed E-state index contributed by atoms with van der Waals surface area (Å²) in [7, 11) is 0. The maximum absolute atomic E-state index is 12.8. The molecule has 1 N–H and O–H groups in total. The monoisotopic (exact) mass is 283 g/mol. The number of aromatic amines is 1. The summed E-state index contributed by atoms with van der Waals surface area (Å²) in [5, 5.41) is 7.31. The molecule has 2 heterocycles. The van der Waals surface area contributed by atoms with E-state index in [2.05, 4.69) is 10.2 Å². The average molecular weight is 283 g/mol. The van der Waals surface area contributed by atoms with Crippen molar-refractivity contribution in [1.29, 1.82) is 0 Å². The Labute approximate surface area is 125 Å². The number of hydrogen-bond acceptors (Lipinski definition) is 2. The van der Waals surface area contributed by atoms with Crippen LogP contribution in [-0.2, 0) is 0 Å². The van der Waals surface area contributed by atoms with Gasteiger partial charge in [-0.05, 0) is 45.7 Å². The Balaban J connectivity index is 1.93. The van der Waals surface area contributed by atoms with Gasteiger partial charge in [0.15, 0.2) is 0 Å². The number of likely N-dealkylation sites (tertiary alicyclic amines) is 1. The maximum atomic E-state index is 12.8. The molecule has 0 aliphatic carbocycles. The number of amides is 1. The molecule has 3 rings (SSSR count). The zero-order valence-corrected chi connectivity index (χ0v) is 12.8. The van der Waals surface area contributed by atoms with Crippen molar-refractivity contribution in [2.75, 3.05) is 6.54 Å². The molecule has 1 saturated heterocycles. The van der Waals surface area contributed by atoms with E-state index in [1.807, 2.05) is 49.9 Å². The van der Waals surface area contributed by atoms with E-state index in [1.54, 1.807) is 0 Å². The van der Waals surface area contributed by atoms with Gasteiger partial charge < -0.3 is 4.90 Å². The lowest BCUT2D eigenvalue weighted by atomic mass is 10.0. The van der Waals surface area contributed by atoms with Crippen LogP contribution in [0.5, 0.6) is 0 Å². The van der Waals surface area contributed by atoms with Gasteiger partial charge in [-0.25, -0.2) is 0 Å². The molecule has 110 valence electrons. The SMILES string of the molecule is Cc1cccc(C(=O)N2CCC[C@H]2c2c(C)n[nH]c2C)c1. The number of carbonyl (C=O) groups excluding carboxylic acids is 1. The van der Waals surface area contributed by atoms with Crippen LogP contribution in [-0.4, -0.2) is 27.5 Å². The van der Waals surface area contributed by atoms with Gasteiger partial charge in [-0.2, -0.15) is 5.10 Å². The van der Waals surface area contributed by atoms with Crippen LogP contribution in [0.2, 0.25) is 0 Å². The van der Waals surface area contributed by atoms with Crippen molar-refractivity contribution >= 4 is 5.91 Å². The summed E-state index contributed by atoms with van der Waals surface area (Å²) in [5.74, 6) is 0.126. The first-order valence-corrected chi connectivity index (χ1v) is 7.47. The highest BCUT2D eigenvalue weighted by atomic mass is 16.2. The van der Waals surface area contributed by atoms with Crippen LogP contribution < -0.4 is 0 Å². The maximum Gasteiger partial charge on any atom is 0.254 e. The number of carbonyl (C=O) groups is 1. The van der Waals surface area contributed by atoms with Gasteiger partial charge in [0.05, 0.1) is 11.7 Å². The van der Waals surface area contributed by atoms with Crippen molar-refractivity contribution in [3.63, 3.8) is 0 Å². The Hall–Kier alpha value is -2.10. The molecule has 4 heteroatoms. The molecular weight excluding hydrogens is 262 g/mol. The van der Waals surface area contributed by atoms with Crippen molar-refractivity contribution in [2.24, 2.45) is 0 Å². The van der Waals surface area contributed by atoms with E-state index < -0.39 is 0 Å². The predicted molar refractivity (Wildman–Crippen MR) is 82.3 cm³/mol. The van der Waals surface area contributed by atoms with Gasteiger partial charge in [0.25, 0.3) is 5.91 Å². The second-order valence-corrected chi connectivity index (χ2v) is 5.87. The summed E-state index contributed by atoms with van der Waals surface area (Å²) >= 11 is 0. The summed E-state index contributed by atoms with van der Waals surface area (Å²) in [6.45, 7) is 6.87. The molecule has 0 radical (unpaired) electrons. The number of nitrogens with zero attached hydrogens (tertiary/aromatic N) is 2. The summed E-state index contributed by atoms with van der Waals surface area (Å²) < 4.78 is 0. The van der Waals surface area contributed by atoms with Gasteiger partial charge in [-0.15, -0.1) is 0 Å². The van der Waals surface area contributed by atoms with Crippen LogP contribution in [0.4, 0.5) is 0 Å². The second kappa shape index (κ2) is 5.35. The van der Waals surface area contributed by atoms with Crippen LogP contribution >= 0.6 is 0 Å². The minimum absolute atomic E-state index is 0.126. The summed E-state index contributed by atoms with van der Waals surface area (Å²) in [5.41, 5.74) is 5.16. The molecule has 2 aromatic rings. The molecule has 0 bridgehead atoms. The highest BCUT2D eigenvalue weighted by Gasteiger charge is 2.33. The second-order valence-electron chi connectivity index (χ2n) is 5.87. The van der Waals surface area contributed by atoms with Crippen LogP contribution in [0.15, 0.2) is 24.3 Å². The van der Waals surface area contributed by atoms with Gasteiger partial charge in [-0.1, -0.05) is 17.7 Å². The van der Waals surface area contributed by atoms with E-state index in [0.717, 1.165) is 41.9 Å². The fraction of sp³-hybridized carbons (Fsp3) is 0.412. The molecule has 1 amide bonds. The summed E-state index contributed by atoms with van der Waals surface area (Å²) in [4.78, 5) is 14.8. The molecule has 0 spiro atoms. The molecule has 4 nitrogen and oxygen atoms in total. The van der Waals surface area contributed by atoms with Crippen molar-refractivity contribution in [1.82, 2.24) is 15.1 Å². The lowest BCUT2D eigenvalue weighted by molar-refractivity contribution is 0.0735. The molecule has 1 aromatic heterocycles. The summed E-state index contributed by atoms with van der Waals surface area (Å²) in [6.07, 6.45) is 2.06. The largest absolute Gasteiger partial charge is 0.331 e. The third-order valence-corrected chi connectivity index (χ3v) is 4.30. The first-order valence-electron chi connectivity index (χ1n) is 7.47. The van der Waals surface area contributed by atoms with Crippen molar-refractivity contribution in [3.05, 3.63) is 52.3 Å². The predicted octanol–water partition coefficient (Wildman–Crippen LogP) is 3.31. The van der Waals surface area contributed by atoms with E-state index in [4.69, 9.17) is 0 Å². The highest BCUT2D eigenvalue weighted by molar-refractivity contribution is 5.94. The van der Waals surface area contributed by atoms with E-state index in [1.165, 1.54) is 5.56 Å². The minimum atomic E-state index is 0.126. The molecule has 1 aliphatic heterocycles. The number of aryl methyl sites for hydroxylation is 3. The van der Waals surface area contributed by atoms with Crippen molar-refractivity contribution in [3.8, 4) is 0 Å². The third kappa shape index (κ3) is 2.46. The Morgan fingerprint density at radius 2 is 2.14 bits per heavy atom. The molecule has 1 aromatic carbocycles. The minimum Gasteiger partial charge on any atom is -0.331 e. The molecule has 21 heavy (non-hydrogen) atoms. The number of nitrogens with one attached hydrogen (secondary N) is 1. The third-order valence-electron chi connectivity index (χ3n) is 4.30. The molecule has 1 atom stereocenters. The molecule has 1 aliphatic rings. The van der Waals surface area contributed by atoms with Crippen LogP contribution in [0, 0.1) is 20.8 Å². The normalized spacial score (nSPS) is 18.2. The number of rotatable bonds is 2. The first-order chi connectivity index (χ1) is 10.1. The Kier molecular flexibility index (Phi) is 3.53. The van der Waals surface area contributed by atoms with Crippen LogP contribution in [0.25, 0.3) is 0 Å². The fourth-order valence-corrected chi connectivity index (χ4v) is 3.30. The van der Waals surface area contributed by atoms with Gasteiger partial charge in [0, 0.05) is 23.4 Å². The number of benzene rings is 1. The van der Waals surface area contributed by atoms with Crippen LogP contribution in [0.3, 0.4) is 0 Å². The summed E-state index contributed by atoms with van der Waals surface area (Å²) in [6, 6.07) is 7.98. The van der Waals surface area contributed by atoms with Crippen LogP contribution in [0.1, 0.15) is 51.8 Å². The first kappa shape index (κ1) is 13.9. The van der Waals surface area contributed by atoms with E-state index in [0.29, 0.717) is 0 Å². The Morgan fingerprint density at radius 1 is 1.33 bits per heavy atom. The number of H-pyrrole nitrogens is 1. The smallest absolute Gasteiger partial charge is 0.254 e. The Bertz CT molecular complexity index is 655. The van der Waals surface area contributed by atoms with Gasteiger partial charge in [0.2, 0.25) is 0 Å². The van der Waals surface area contributed by atoms with Crippen molar-refractivity contribution < 1.29 is 4.79 Å². The lowest BCUT2D eigenvalue weighted by Crippen LogP contribution is -2.31. The highest BCUT2D eigenvalue weighted by Crippen LogP contribution is 2.35. The zero-order valence-electron chi connectivity index (χ0n) is 12.8. The van der Waals surface area contributed by atoms with Gasteiger partial charge >= 0.3 is 0 Å². The number of aromatic nitrogens is 2. The average Bonchev–Trinajstić information content (AvgIpc) is 3.05. The lowest BCUT2D eigenvalue weighted by Gasteiger charge is -2.25. The molecular formula is C17H21N3O. The van der Waals surface area contributed by atoms with Crippen molar-refractivity contribution in [2.45, 2.75) is 39.7 Å². The van der Waals surface area contributed by atoms with Gasteiger partial charge in [0.1, 0.15) is 0 Å². The standard InChI is InChI=1S/C17H21N3O/c1-11-6-4-7-14(10-11)17(21)20-9-5-8-15(20)16-12(2)18-19-13(16)3/h4,6-7,10,15H,5,8-9H2,1-3H3,(H,18,19)/t15-/m0/s1. The fourth-order valence-electron chi connectivity index (χ4n) is 3.30. The topological polar surface area (TPSA) is 49.0 Å². The Morgan fingerprint density at radius 3 is 2.81 bits per heavy atom. The molecule has 1 fully saturated rings. The molecule has 0 unspecified atom stereocenters. The van der Waals surface area contributed by atoms with E-state index in [9.17, 15) is 4.79 Å². The zero-order chi connectivity index (χ0) is 15.0.